The van der Waals surface area contributed by atoms with Crippen molar-refractivity contribution in [1.82, 2.24) is 4.98 Å². The maximum Gasteiger partial charge on any atom is 0.405 e. The summed E-state index contributed by atoms with van der Waals surface area (Å²) >= 11 is 0. The lowest BCUT2D eigenvalue weighted by Gasteiger charge is -2.26. The number of rotatable bonds is 3. The molecule has 0 atom stereocenters. The number of nitrogens with zero attached hydrogens (tertiary/aromatic N) is 2. The van der Waals surface area contributed by atoms with E-state index in [9.17, 15) is 17.6 Å². The quantitative estimate of drug-likeness (QED) is 0.695. The molecule has 20 heavy (non-hydrogen) atoms. The number of nitrogens with two attached hydrogens (primary N) is 1. The fraction of sp³-hybridized carbons (Fsp3) is 0.308. The Balaban J connectivity index is 2.63. The van der Waals surface area contributed by atoms with Crippen molar-refractivity contribution in [3.05, 3.63) is 30.2 Å². The molecule has 0 aliphatic carbocycles. The second-order valence-electron chi connectivity index (χ2n) is 4.33. The van der Waals surface area contributed by atoms with E-state index in [1.165, 1.54) is 13.1 Å². The molecule has 2 aromatic rings. The van der Waals surface area contributed by atoms with Crippen molar-refractivity contribution in [3.8, 4) is 0 Å². The summed E-state index contributed by atoms with van der Waals surface area (Å²) in [5, 5.41) is 0.435. The van der Waals surface area contributed by atoms with Gasteiger partial charge in [0.25, 0.3) is 0 Å². The number of halogens is 4. The highest BCUT2D eigenvalue weighted by atomic mass is 19.4. The van der Waals surface area contributed by atoms with Gasteiger partial charge < -0.3 is 10.6 Å². The largest absolute Gasteiger partial charge is 0.405 e. The molecule has 2 N–H and O–H groups in total. The number of hydrogen-bond acceptors (Lipinski definition) is 3. The number of benzene rings is 1. The van der Waals surface area contributed by atoms with Crippen LogP contribution in [0.2, 0.25) is 0 Å². The molecule has 0 unspecified atom stereocenters. The fourth-order valence-corrected chi connectivity index (χ4v) is 2.09. The van der Waals surface area contributed by atoms with Crippen LogP contribution in [0.25, 0.3) is 10.9 Å². The molecule has 0 bridgehead atoms. The minimum atomic E-state index is -4.43. The van der Waals surface area contributed by atoms with Crippen molar-refractivity contribution >= 4 is 22.3 Å². The van der Waals surface area contributed by atoms with Crippen molar-refractivity contribution in [2.24, 2.45) is 0 Å². The number of anilines is 2. The van der Waals surface area contributed by atoms with Crippen LogP contribution in [0.3, 0.4) is 0 Å². The number of pyridine rings is 1. The van der Waals surface area contributed by atoms with Crippen molar-refractivity contribution in [2.75, 3.05) is 23.7 Å². The standard InChI is InChI=1S/C13H13F4N3/c1-2-20(7-13(15,16)17)12-9(14)6-10(18)8-4-3-5-19-11(8)12/h3-6H,2,7,18H2,1H3. The highest BCUT2D eigenvalue weighted by molar-refractivity contribution is 5.98. The predicted molar refractivity (Wildman–Crippen MR) is 70.1 cm³/mol. The smallest absolute Gasteiger partial charge is 0.398 e. The third kappa shape index (κ3) is 2.76. The van der Waals surface area contributed by atoms with Gasteiger partial charge >= 0.3 is 6.18 Å². The minimum absolute atomic E-state index is 0.00597. The average molecular weight is 287 g/mol. The molecule has 2 rings (SSSR count). The number of alkyl halides is 3. The Bertz CT molecular complexity index is 625. The predicted octanol–water partition coefficient (Wildman–Crippen LogP) is 3.34. The van der Waals surface area contributed by atoms with Crippen LogP contribution in [-0.4, -0.2) is 24.2 Å². The highest BCUT2D eigenvalue weighted by Gasteiger charge is 2.32. The lowest BCUT2D eigenvalue weighted by atomic mass is 10.1. The first-order valence-electron chi connectivity index (χ1n) is 5.98. The molecule has 1 heterocycles. The third-order valence-electron chi connectivity index (χ3n) is 2.92. The van der Waals surface area contributed by atoms with Crippen LogP contribution in [0.4, 0.5) is 28.9 Å². The van der Waals surface area contributed by atoms with Gasteiger partial charge in [0.1, 0.15) is 12.2 Å². The first-order valence-corrected chi connectivity index (χ1v) is 5.98. The number of nitrogen functional groups attached to an aromatic ring is 1. The molecule has 0 saturated carbocycles. The molecule has 1 aromatic heterocycles. The molecule has 0 spiro atoms. The van der Waals surface area contributed by atoms with Crippen LogP contribution in [-0.2, 0) is 0 Å². The topological polar surface area (TPSA) is 42.1 Å². The van der Waals surface area contributed by atoms with E-state index < -0.39 is 18.5 Å². The zero-order valence-corrected chi connectivity index (χ0v) is 10.7. The Morgan fingerprint density at radius 2 is 2.05 bits per heavy atom. The number of hydrogen-bond donors (Lipinski definition) is 1. The van der Waals surface area contributed by atoms with Gasteiger partial charge in [0.2, 0.25) is 0 Å². The van der Waals surface area contributed by atoms with E-state index in [1.54, 1.807) is 12.1 Å². The second kappa shape index (κ2) is 5.15. The molecule has 0 fully saturated rings. The zero-order chi connectivity index (χ0) is 14.9. The first-order chi connectivity index (χ1) is 9.33. The van der Waals surface area contributed by atoms with Gasteiger partial charge in [-0.05, 0) is 25.1 Å². The van der Waals surface area contributed by atoms with Crippen molar-refractivity contribution in [2.45, 2.75) is 13.1 Å². The van der Waals surface area contributed by atoms with Crippen LogP contribution >= 0.6 is 0 Å². The van der Waals surface area contributed by atoms with Gasteiger partial charge in [-0.2, -0.15) is 13.2 Å². The third-order valence-corrected chi connectivity index (χ3v) is 2.92. The molecule has 0 saturated heterocycles. The molecule has 0 amide bonds. The summed E-state index contributed by atoms with van der Waals surface area (Å²) in [5.41, 5.74) is 5.79. The van der Waals surface area contributed by atoms with Gasteiger partial charge in [0.15, 0.2) is 5.82 Å². The summed E-state index contributed by atoms with van der Waals surface area (Å²) in [4.78, 5) is 4.88. The summed E-state index contributed by atoms with van der Waals surface area (Å²) in [6, 6.07) is 4.22. The fourth-order valence-electron chi connectivity index (χ4n) is 2.09. The van der Waals surface area contributed by atoms with E-state index in [-0.39, 0.29) is 23.4 Å². The summed E-state index contributed by atoms with van der Waals surface area (Å²) in [7, 11) is 0. The van der Waals surface area contributed by atoms with Crippen molar-refractivity contribution < 1.29 is 17.6 Å². The molecule has 3 nitrogen and oxygen atoms in total. The average Bonchev–Trinajstić information content (AvgIpc) is 2.36. The Labute approximate surface area is 113 Å². The molecular weight excluding hydrogens is 274 g/mol. The van der Waals surface area contributed by atoms with Crippen LogP contribution in [0.5, 0.6) is 0 Å². The molecule has 0 aliphatic heterocycles. The summed E-state index contributed by atoms with van der Waals surface area (Å²) in [5.74, 6) is -0.806. The van der Waals surface area contributed by atoms with E-state index in [0.717, 1.165) is 11.0 Å². The number of fused-ring (bicyclic) bond motifs is 1. The minimum Gasteiger partial charge on any atom is -0.398 e. The highest BCUT2D eigenvalue weighted by Crippen LogP contribution is 2.33. The maximum atomic E-state index is 14.1. The van der Waals surface area contributed by atoms with E-state index in [0.29, 0.717) is 5.39 Å². The molecule has 0 radical (unpaired) electrons. The monoisotopic (exact) mass is 287 g/mol. The molecule has 7 heteroatoms. The Morgan fingerprint density at radius 3 is 2.65 bits per heavy atom. The first kappa shape index (κ1) is 14.4. The van der Waals surface area contributed by atoms with Crippen LogP contribution < -0.4 is 10.6 Å². The summed E-state index contributed by atoms with van der Waals surface area (Å²) < 4.78 is 51.8. The van der Waals surface area contributed by atoms with Gasteiger partial charge in [-0.1, -0.05) is 0 Å². The van der Waals surface area contributed by atoms with Crippen LogP contribution in [0.15, 0.2) is 24.4 Å². The maximum absolute atomic E-state index is 14.1. The molecular formula is C13H13F4N3. The van der Waals surface area contributed by atoms with Crippen molar-refractivity contribution in [1.29, 1.82) is 0 Å². The SMILES string of the molecule is CCN(CC(F)(F)F)c1c(F)cc(N)c2cccnc12. The Kier molecular flexibility index (Phi) is 3.69. The Morgan fingerprint density at radius 1 is 1.35 bits per heavy atom. The van der Waals surface area contributed by atoms with Gasteiger partial charge in [0.05, 0.1) is 5.52 Å². The van der Waals surface area contributed by atoms with Crippen molar-refractivity contribution in [3.63, 3.8) is 0 Å². The van der Waals surface area contributed by atoms with E-state index in [1.807, 2.05) is 0 Å². The Hall–Kier alpha value is -2.05. The van der Waals surface area contributed by atoms with E-state index in [4.69, 9.17) is 5.73 Å². The van der Waals surface area contributed by atoms with Gasteiger partial charge in [0, 0.05) is 23.8 Å². The lowest BCUT2D eigenvalue weighted by Crippen LogP contribution is -2.35. The molecule has 108 valence electrons. The van der Waals surface area contributed by atoms with Gasteiger partial charge in [-0.15, -0.1) is 0 Å². The lowest BCUT2D eigenvalue weighted by molar-refractivity contribution is -0.119. The van der Waals surface area contributed by atoms with Crippen LogP contribution in [0, 0.1) is 5.82 Å². The normalized spacial score (nSPS) is 11.8. The molecule has 1 aromatic carbocycles. The zero-order valence-electron chi connectivity index (χ0n) is 10.7. The van der Waals surface area contributed by atoms with Gasteiger partial charge in [-0.3, -0.25) is 4.98 Å². The summed E-state index contributed by atoms with van der Waals surface area (Å²) in [6.07, 6.45) is -3.03. The number of aromatic nitrogens is 1. The summed E-state index contributed by atoms with van der Waals surface area (Å²) in [6.45, 7) is 0.290. The van der Waals surface area contributed by atoms with E-state index in [2.05, 4.69) is 4.98 Å². The van der Waals surface area contributed by atoms with E-state index >= 15 is 0 Å². The van der Waals surface area contributed by atoms with Gasteiger partial charge in [-0.25, -0.2) is 4.39 Å². The van der Waals surface area contributed by atoms with Crippen LogP contribution in [0.1, 0.15) is 6.92 Å². The second-order valence-corrected chi connectivity index (χ2v) is 4.33. The molecule has 0 aliphatic rings.